The minimum atomic E-state index is 0.572. The fourth-order valence-electron chi connectivity index (χ4n) is 1.46. The number of halogens is 1. The summed E-state index contributed by atoms with van der Waals surface area (Å²) in [6.45, 7) is 0. The Morgan fingerprint density at radius 2 is 2.00 bits per heavy atom. The van der Waals surface area contributed by atoms with Crippen molar-refractivity contribution < 1.29 is 4.74 Å². The number of hydrogen-bond acceptors (Lipinski definition) is 3. The van der Waals surface area contributed by atoms with E-state index in [4.69, 9.17) is 22.1 Å². The van der Waals surface area contributed by atoms with Crippen molar-refractivity contribution in [2.75, 3.05) is 12.8 Å². The third kappa shape index (κ3) is 2.09. The van der Waals surface area contributed by atoms with Crippen LogP contribution in [0.15, 0.2) is 36.7 Å². The van der Waals surface area contributed by atoms with Crippen LogP contribution in [-0.2, 0) is 0 Å². The van der Waals surface area contributed by atoms with E-state index in [0.29, 0.717) is 16.5 Å². The van der Waals surface area contributed by atoms with Crippen molar-refractivity contribution in [3.05, 3.63) is 41.7 Å². The maximum Gasteiger partial charge on any atom is 0.137 e. The first-order valence-electron chi connectivity index (χ1n) is 4.75. The summed E-state index contributed by atoms with van der Waals surface area (Å²) in [4.78, 5) is 4.03. The van der Waals surface area contributed by atoms with Crippen LogP contribution >= 0.6 is 11.6 Å². The molecular formula is C12H11ClN2O. The highest BCUT2D eigenvalue weighted by molar-refractivity contribution is 6.32. The van der Waals surface area contributed by atoms with Crippen molar-refractivity contribution in [2.24, 2.45) is 0 Å². The number of pyridine rings is 1. The van der Waals surface area contributed by atoms with E-state index in [-0.39, 0.29) is 0 Å². The first-order valence-corrected chi connectivity index (χ1v) is 5.13. The van der Waals surface area contributed by atoms with Gasteiger partial charge in [-0.25, -0.2) is 0 Å². The number of nitrogen functional groups attached to an aromatic ring is 1. The number of rotatable bonds is 2. The molecule has 4 heteroatoms. The highest BCUT2D eigenvalue weighted by atomic mass is 35.5. The summed E-state index contributed by atoms with van der Waals surface area (Å²) < 4.78 is 5.09. The van der Waals surface area contributed by atoms with Crippen molar-refractivity contribution in [2.45, 2.75) is 0 Å². The average molecular weight is 235 g/mol. The van der Waals surface area contributed by atoms with Crippen LogP contribution in [0.4, 0.5) is 5.69 Å². The van der Waals surface area contributed by atoms with Gasteiger partial charge < -0.3 is 10.5 Å². The zero-order chi connectivity index (χ0) is 11.5. The zero-order valence-corrected chi connectivity index (χ0v) is 9.53. The second-order valence-corrected chi connectivity index (χ2v) is 3.76. The lowest BCUT2D eigenvalue weighted by Gasteiger charge is -2.06. The molecule has 1 aromatic heterocycles. The standard InChI is InChI=1S/C12H11ClN2O/c1-16-12-3-2-8(5-11(12)13)9-4-10(14)7-15-6-9/h2-7H,14H2,1H3. The van der Waals surface area contributed by atoms with E-state index in [9.17, 15) is 0 Å². The number of hydrogen-bond donors (Lipinski definition) is 1. The molecule has 0 fully saturated rings. The molecule has 82 valence electrons. The van der Waals surface area contributed by atoms with Crippen molar-refractivity contribution in [3.8, 4) is 16.9 Å². The molecule has 1 heterocycles. The summed E-state index contributed by atoms with van der Waals surface area (Å²) in [6.07, 6.45) is 3.35. The summed E-state index contributed by atoms with van der Waals surface area (Å²) in [5.74, 6) is 0.655. The first-order chi connectivity index (χ1) is 7.70. The molecule has 2 N–H and O–H groups in total. The van der Waals surface area contributed by atoms with Gasteiger partial charge in [-0.2, -0.15) is 0 Å². The Morgan fingerprint density at radius 1 is 1.19 bits per heavy atom. The predicted molar refractivity (Wildman–Crippen MR) is 65.6 cm³/mol. The summed E-state index contributed by atoms with van der Waals surface area (Å²) >= 11 is 6.04. The monoisotopic (exact) mass is 234 g/mol. The molecule has 0 unspecified atom stereocenters. The molecule has 0 radical (unpaired) electrons. The van der Waals surface area contributed by atoms with Gasteiger partial charge in [-0.3, -0.25) is 4.98 Å². The molecule has 16 heavy (non-hydrogen) atoms. The van der Waals surface area contributed by atoms with Gasteiger partial charge in [-0.1, -0.05) is 17.7 Å². The van der Waals surface area contributed by atoms with Gasteiger partial charge >= 0.3 is 0 Å². The predicted octanol–water partition coefficient (Wildman–Crippen LogP) is 2.99. The zero-order valence-electron chi connectivity index (χ0n) is 8.77. The number of aromatic nitrogens is 1. The molecule has 2 aromatic rings. The third-order valence-electron chi connectivity index (χ3n) is 2.24. The highest BCUT2D eigenvalue weighted by Gasteiger charge is 2.04. The Bertz CT molecular complexity index is 514. The molecule has 0 spiro atoms. The van der Waals surface area contributed by atoms with Gasteiger partial charge in [0, 0.05) is 18.0 Å². The second kappa shape index (κ2) is 4.41. The molecular weight excluding hydrogens is 224 g/mol. The Balaban J connectivity index is 2.45. The van der Waals surface area contributed by atoms with Gasteiger partial charge in [0.05, 0.1) is 17.8 Å². The lowest BCUT2D eigenvalue weighted by Crippen LogP contribution is -1.89. The molecule has 0 bridgehead atoms. The Morgan fingerprint density at radius 3 is 2.62 bits per heavy atom. The van der Waals surface area contributed by atoms with Crippen molar-refractivity contribution >= 4 is 17.3 Å². The molecule has 0 aliphatic carbocycles. The van der Waals surface area contributed by atoms with Crippen LogP contribution in [0.2, 0.25) is 5.02 Å². The van der Waals surface area contributed by atoms with Crippen LogP contribution in [0.1, 0.15) is 0 Å². The quantitative estimate of drug-likeness (QED) is 0.869. The first kappa shape index (κ1) is 10.8. The van der Waals surface area contributed by atoms with E-state index in [0.717, 1.165) is 11.1 Å². The maximum absolute atomic E-state index is 6.04. The van der Waals surface area contributed by atoms with E-state index in [1.165, 1.54) is 0 Å². The number of nitrogens with two attached hydrogens (primary N) is 1. The molecule has 0 saturated heterocycles. The number of methoxy groups -OCH3 is 1. The van der Waals surface area contributed by atoms with E-state index < -0.39 is 0 Å². The molecule has 0 aliphatic rings. The number of anilines is 1. The van der Waals surface area contributed by atoms with Crippen LogP contribution in [0, 0.1) is 0 Å². The molecule has 2 rings (SSSR count). The summed E-state index contributed by atoms with van der Waals surface area (Å²) in [5, 5.41) is 0.572. The fraction of sp³-hybridized carbons (Fsp3) is 0.0833. The maximum atomic E-state index is 6.04. The molecule has 0 amide bonds. The van der Waals surface area contributed by atoms with Crippen LogP contribution < -0.4 is 10.5 Å². The summed E-state index contributed by atoms with van der Waals surface area (Å²) in [7, 11) is 1.59. The van der Waals surface area contributed by atoms with Crippen molar-refractivity contribution in [1.82, 2.24) is 4.98 Å². The molecule has 0 saturated carbocycles. The Kier molecular flexibility index (Phi) is 2.97. The molecule has 1 aromatic carbocycles. The number of nitrogens with zero attached hydrogens (tertiary/aromatic N) is 1. The van der Waals surface area contributed by atoms with Crippen molar-refractivity contribution in [1.29, 1.82) is 0 Å². The third-order valence-corrected chi connectivity index (χ3v) is 2.54. The van der Waals surface area contributed by atoms with Gasteiger partial charge in [-0.15, -0.1) is 0 Å². The largest absolute Gasteiger partial charge is 0.495 e. The Hall–Kier alpha value is -1.74. The van der Waals surface area contributed by atoms with Crippen LogP contribution in [0.5, 0.6) is 5.75 Å². The Labute approximate surface area is 98.8 Å². The topological polar surface area (TPSA) is 48.1 Å². The van der Waals surface area contributed by atoms with Gasteiger partial charge in [0.2, 0.25) is 0 Å². The lowest BCUT2D eigenvalue weighted by molar-refractivity contribution is 0.415. The van der Waals surface area contributed by atoms with Crippen molar-refractivity contribution in [3.63, 3.8) is 0 Å². The molecule has 0 atom stereocenters. The van der Waals surface area contributed by atoms with E-state index in [1.807, 2.05) is 24.3 Å². The highest BCUT2D eigenvalue weighted by Crippen LogP contribution is 2.30. The van der Waals surface area contributed by atoms with Gasteiger partial charge in [0.25, 0.3) is 0 Å². The average Bonchev–Trinajstić information content (AvgIpc) is 2.29. The van der Waals surface area contributed by atoms with Crippen LogP contribution in [0.3, 0.4) is 0 Å². The SMILES string of the molecule is COc1ccc(-c2cncc(N)c2)cc1Cl. The fourth-order valence-corrected chi connectivity index (χ4v) is 1.72. The number of benzene rings is 1. The van der Waals surface area contributed by atoms with Crippen LogP contribution in [-0.4, -0.2) is 12.1 Å². The molecule has 3 nitrogen and oxygen atoms in total. The van der Waals surface area contributed by atoms with E-state index in [1.54, 1.807) is 19.5 Å². The smallest absolute Gasteiger partial charge is 0.137 e. The van der Waals surface area contributed by atoms with Gasteiger partial charge in [0.15, 0.2) is 0 Å². The van der Waals surface area contributed by atoms with Crippen LogP contribution in [0.25, 0.3) is 11.1 Å². The minimum absolute atomic E-state index is 0.572. The minimum Gasteiger partial charge on any atom is -0.495 e. The summed E-state index contributed by atoms with van der Waals surface area (Å²) in [5.41, 5.74) is 8.20. The van der Waals surface area contributed by atoms with Gasteiger partial charge in [-0.05, 0) is 23.8 Å². The number of ether oxygens (including phenoxy) is 1. The lowest BCUT2D eigenvalue weighted by atomic mass is 10.1. The van der Waals surface area contributed by atoms with Gasteiger partial charge in [0.1, 0.15) is 5.75 Å². The second-order valence-electron chi connectivity index (χ2n) is 3.36. The summed E-state index contributed by atoms with van der Waals surface area (Å²) in [6, 6.07) is 7.42. The normalized spacial score (nSPS) is 10.1. The van der Waals surface area contributed by atoms with E-state index in [2.05, 4.69) is 4.98 Å². The van der Waals surface area contributed by atoms with E-state index >= 15 is 0 Å². The molecule has 0 aliphatic heterocycles.